The number of nitrogens with zero attached hydrogens (tertiary/aromatic N) is 4. The van der Waals surface area contributed by atoms with Crippen LogP contribution in [0.4, 0.5) is 0 Å². The molecule has 1 atom stereocenters. The molecule has 0 aromatic heterocycles. The SMILES string of the molecule is CCNC(=NCCCCN1CCN(CC)CC1)N1CCCC(C(=O)OCC)C1.I. The van der Waals surface area contributed by atoms with E-state index in [1.54, 1.807) is 0 Å². The van der Waals surface area contributed by atoms with Gasteiger partial charge in [0.25, 0.3) is 0 Å². The summed E-state index contributed by atoms with van der Waals surface area (Å²) in [5, 5.41) is 3.40. The van der Waals surface area contributed by atoms with Gasteiger partial charge < -0.3 is 24.8 Å². The number of esters is 1. The molecule has 0 amide bonds. The first kappa shape index (κ1) is 26.4. The summed E-state index contributed by atoms with van der Waals surface area (Å²) in [6, 6.07) is 0. The van der Waals surface area contributed by atoms with Gasteiger partial charge in [-0.25, -0.2) is 0 Å². The number of nitrogens with one attached hydrogen (secondary N) is 1. The van der Waals surface area contributed by atoms with Gasteiger partial charge in [0.2, 0.25) is 0 Å². The topological polar surface area (TPSA) is 60.4 Å². The Morgan fingerprint density at radius 1 is 1.07 bits per heavy atom. The van der Waals surface area contributed by atoms with Crippen LogP contribution in [0.1, 0.15) is 46.5 Å². The van der Waals surface area contributed by atoms with Crippen molar-refractivity contribution >= 4 is 35.9 Å². The lowest BCUT2D eigenvalue weighted by Gasteiger charge is -2.34. The third kappa shape index (κ3) is 9.38. The normalized spacial score (nSPS) is 21.6. The number of hydrogen-bond acceptors (Lipinski definition) is 5. The van der Waals surface area contributed by atoms with Crippen LogP contribution in [0.3, 0.4) is 0 Å². The minimum Gasteiger partial charge on any atom is -0.466 e. The highest BCUT2D eigenvalue weighted by molar-refractivity contribution is 14.0. The average molecular weight is 524 g/mol. The van der Waals surface area contributed by atoms with E-state index in [9.17, 15) is 4.79 Å². The first-order valence-corrected chi connectivity index (χ1v) is 11.3. The fourth-order valence-electron chi connectivity index (χ4n) is 4.01. The summed E-state index contributed by atoms with van der Waals surface area (Å²) in [4.78, 5) is 24.3. The quantitative estimate of drug-likeness (QED) is 0.165. The first-order chi connectivity index (χ1) is 13.7. The standard InChI is InChI=1S/C21H41N5O2.HI/c1-4-22-21(26-13-9-10-19(18-26)20(27)28-6-3)23-11-7-8-12-25-16-14-24(5-2)15-17-25;/h19H,4-18H2,1-3H3,(H,22,23);1H. The predicted octanol–water partition coefficient (Wildman–Crippen LogP) is 2.26. The molecule has 2 heterocycles. The fraction of sp³-hybridized carbons (Fsp3) is 0.905. The van der Waals surface area contributed by atoms with Crippen LogP contribution in [-0.2, 0) is 9.53 Å². The maximum absolute atomic E-state index is 12.1. The van der Waals surface area contributed by atoms with Gasteiger partial charge in [-0.15, -0.1) is 24.0 Å². The number of piperidine rings is 1. The van der Waals surface area contributed by atoms with E-state index in [1.165, 1.54) is 45.7 Å². The Morgan fingerprint density at radius 2 is 1.79 bits per heavy atom. The Hall–Kier alpha value is -0.610. The van der Waals surface area contributed by atoms with Gasteiger partial charge >= 0.3 is 5.97 Å². The minimum absolute atomic E-state index is 0. The molecule has 29 heavy (non-hydrogen) atoms. The first-order valence-electron chi connectivity index (χ1n) is 11.3. The average Bonchev–Trinajstić information content (AvgIpc) is 2.73. The molecule has 2 aliphatic heterocycles. The van der Waals surface area contributed by atoms with Gasteiger partial charge in [-0.2, -0.15) is 0 Å². The van der Waals surface area contributed by atoms with E-state index < -0.39 is 0 Å². The van der Waals surface area contributed by atoms with Gasteiger partial charge in [0, 0.05) is 52.4 Å². The van der Waals surface area contributed by atoms with Crippen molar-refractivity contribution in [2.75, 3.05) is 72.1 Å². The van der Waals surface area contributed by atoms with Crippen LogP contribution in [0.15, 0.2) is 4.99 Å². The van der Waals surface area contributed by atoms with Crippen molar-refractivity contribution in [1.82, 2.24) is 20.0 Å². The van der Waals surface area contributed by atoms with Crippen LogP contribution in [0, 0.1) is 5.92 Å². The van der Waals surface area contributed by atoms with Crippen molar-refractivity contribution in [2.24, 2.45) is 10.9 Å². The number of carbonyl (C=O) groups excluding carboxylic acids is 1. The molecule has 8 heteroatoms. The zero-order chi connectivity index (χ0) is 20.2. The number of piperazine rings is 1. The second-order valence-corrected chi connectivity index (χ2v) is 7.76. The Morgan fingerprint density at radius 3 is 2.45 bits per heavy atom. The number of likely N-dealkylation sites (N-methyl/N-ethyl adjacent to an activating group) is 1. The molecule has 1 N–H and O–H groups in total. The van der Waals surface area contributed by atoms with Crippen molar-refractivity contribution in [1.29, 1.82) is 0 Å². The number of guanidine groups is 1. The molecule has 0 aliphatic carbocycles. The Balaban J connectivity index is 0.00000420. The fourth-order valence-corrected chi connectivity index (χ4v) is 4.01. The number of aliphatic imine (C=N–C) groups is 1. The molecule has 0 spiro atoms. The smallest absolute Gasteiger partial charge is 0.310 e. The van der Waals surface area contributed by atoms with Gasteiger partial charge in [-0.1, -0.05) is 6.92 Å². The highest BCUT2D eigenvalue weighted by Crippen LogP contribution is 2.18. The van der Waals surface area contributed by atoms with E-state index in [2.05, 4.69) is 33.9 Å². The van der Waals surface area contributed by atoms with Crippen LogP contribution < -0.4 is 5.32 Å². The van der Waals surface area contributed by atoms with Crippen LogP contribution in [0.5, 0.6) is 0 Å². The highest BCUT2D eigenvalue weighted by atomic mass is 127. The molecule has 0 radical (unpaired) electrons. The van der Waals surface area contributed by atoms with Crippen LogP contribution in [0.2, 0.25) is 0 Å². The number of hydrogen-bond donors (Lipinski definition) is 1. The Labute approximate surface area is 194 Å². The molecule has 170 valence electrons. The number of ether oxygens (including phenoxy) is 1. The van der Waals surface area contributed by atoms with Crippen molar-refractivity contribution < 1.29 is 9.53 Å². The second kappa shape index (κ2) is 15.2. The zero-order valence-electron chi connectivity index (χ0n) is 18.7. The van der Waals surface area contributed by atoms with E-state index >= 15 is 0 Å². The number of halogens is 1. The summed E-state index contributed by atoms with van der Waals surface area (Å²) >= 11 is 0. The molecule has 0 aromatic rings. The van der Waals surface area contributed by atoms with Crippen LogP contribution in [0.25, 0.3) is 0 Å². The molecular formula is C21H42IN5O2. The molecule has 2 fully saturated rings. The number of likely N-dealkylation sites (tertiary alicyclic amines) is 1. The van der Waals surface area contributed by atoms with Gasteiger partial charge in [-0.05, 0) is 52.6 Å². The van der Waals surface area contributed by atoms with Crippen LogP contribution in [-0.4, -0.2) is 98.7 Å². The summed E-state index contributed by atoms with van der Waals surface area (Å²) in [6.07, 6.45) is 4.23. The summed E-state index contributed by atoms with van der Waals surface area (Å²) in [6.45, 7) is 17.2. The summed E-state index contributed by atoms with van der Waals surface area (Å²) in [7, 11) is 0. The van der Waals surface area contributed by atoms with E-state index in [-0.39, 0.29) is 35.9 Å². The van der Waals surface area contributed by atoms with Gasteiger partial charge in [-0.3, -0.25) is 9.79 Å². The summed E-state index contributed by atoms with van der Waals surface area (Å²) in [5.41, 5.74) is 0. The van der Waals surface area contributed by atoms with Crippen LogP contribution >= 0.6 is 24.0 Å². The predicted molar refractivity (Wildman–Crippen MR) is 130 cm³/mol. The number of carbonyl (C=O) groups is 1. The third-order valence-corrected chi connectivity index (χ3v) is 5.73. The summed E-state index contributed by atoms with van der Waals surface area (Å²) < 4.78 is 5.22. The van der Waals surface area contributed by atoms with E-state index in [0.29, 0.717) is 13.2 Å². The van der Waals surface area contributed by atoms with E-state index in [4.69, 9.17) is 9.73 Å². The lowest BCUT2D eigenvalue weighted by molar-refractivity contribution is -0.149. The Kier molecular flexibility index (Phi) is 13.9. The molecule has 2 rings (SSSR count). The maximum Gasteiger partial charge on any atom is 0.310 e. The van der Waals surface area contributed by atoms with Gasteiger partial charge in [0.05, 0.1) is 12.5 Å². The van der Waals surface area contributed by atoms with E-state index in [0.717, 1.165) is 44.9 Å². The van der Waals surface area contributed by atoms with Crippen molar-refractivity contribution in [3.05, 3.63) is 0 Å². The lowest BCUT2D eigenvalue weighted by Crippen LogP contribution is -2.48. The van der Waals surface area contributed by atoms with Crippen molar-refractivity contribution in [2.45, 2.75) is 46.5 Å². The summed E-state index contributed by atoms with van der Waals surface area (Å²) in [5.74, 6) is 0.860. The molecule has 7 nitrogen and oxygen atoms in total. The molecule has 1 unspecified atom stereocenters. The largest absolute Gasteiger partial charge is 0.466 e. The molecule has 0 aromatic carbocycles. The maximum atomic E-state index is 12.1. The zero-order valence-corrected chi connectivity index (χ0v) is 21.0. The second-order valence-electron chi connectivity index (χ2n) is 7.76. The third-order valence-electron chi connectivity index (χ3n) is 5.73. The molecule has 0 saturated carbocycles. The molecule has 2 saturated heterocycles. The van der Waals surface area contributed by atoms with Crippen molar-refractivity contribution in [3.8, 4) is 0 Å². The lowest BCUT2D eigenvalue weighted by atomic mass is 9.98. The number of unbranched alkanes of at least 4 members (excludes halogenated alkanes) is 1. The number of rotatable bonds is 9. The highest BCUT2D eigenvalue weighted by Gasteiger charge is 2.28. The van der Waals surface area contributed by atoms with Crippen molar-refractivity contribution in [3.63, 3.8) is 0 Å². The molecule has 2 aliphatic rings. The van der Waals surface area contributed by atoms with Gasteiger partial charge in [0.1, 0.15) is 0 Å². The van der Waals surface area contributed by atoms with E-state index in [1.807, 2.05) is 6.92 Å². The Bertz CT molecular complexity index is 484. The monoisotopic (exact) mass is 523 g/mol. The van der Waals surface area contributed by atoms with Gasteiger partial charge in [0.15, 0.2) is 5.96 Å². The minimum atomic E-state index is -0.0637. The molecule has 0 bridgehead atoms. The molecular weight excluding hydrogens is 481 g/mol.